The van der Waals surface area contributed by atoms with Gasteiger partial charge in [0.2, 0.25) is 0 Å². The monoisotopic (exact) mass is 764 g/mol. The molecule has 0 aliphatic heterocycles. The topological polar surface area (TPSA) is 154 Å². The van der Waals surface area contributed by atoms with Crippen LogP contribution >= 0.6 is 11.3 Å². The lowest BCUT2D eigenvalue weighted by Gasteiger charge is -2.29. The molecule has 290 valence electrons. The van der Waals surface area contributed by atoms with Crippen molar-refractivity contribution in [3.63, 3.8) is 0 Å². The van der Waals surface area contributed by atoms with Crippen molar-refractivity contribution < 1.29 is 29.6 Å². The highest BCUT2D eigenvalue weighted by atomic mass is 32.1. The highest BCUT2D eigenvalue weighted by Crippen LogP contribution is 2.30. The number of thiophene rings is 1. The third-order valence-electron chi connectivity index (χ3n) is 9.36. The van der Waals surface area contributed by atoms with E-state index in [0.29, 0.717) is 22.9 Å². The molecule has 0 bridgehead atoms. The minimum absolute atomic E-state index is 0.147. The van der Waals surface area contributed by atoms with Gasteiger partial charge in [-0.1, -0.05) is 120 Å². The molecular formula is C44H52N4O6S. The van der Waals surface area contributed by atoms with Gasteiger partial charge in [0.15, 0.2) is 5.82 Å². The minimum atomic E-state index is -1.55. The first-order valence-corrected chi connectivity index (χ1v) is 19.7. The van der Waals surface area contributed by atoms with E-state index in [0.717, 1.165) is 39.3 Å². The van der Waals surface area contributed by atoms with Crippen molar-refractivity contribution in [3.8, 4) is 28.3 Å². The number of carbonyl (C=O) groups is 2. The second-order valence-electron chi connectivity index (χ2n) is 14.8. The smallest absolute Gasteiger partial charge is 0.323 e. The average molecular weight is 765 g/mol. The number of hydrogen-bond donors (Lipinski definition) is 5. The van der Waals surface area contributed by atoms with Gasteiger partial charge in [-0.3, -0.25) is 14.9 Å². The van der Waals surface area contributed by atoms with Crippen LogP contribution in [0.15, 0.2) is 103 Å². The number of nitrogens with one attached hydrogen (secondary N) is 2. The summed E-state index contributed by atoms with van der Waals surface area (Å²) in [7, 11) is 0. The summed E-state index contributed by atoms with van der Waals surface area (Å²) in [5, 5.41) is 38.0. The van der Waals surface area contributed by atoms with Crippen LogP contribution in [0.3, 0.4) is 0 Å². The van der Waals surface area contributed by atoms with Gasteiger partial charge in [0, 0.05) is 28.4 Å². The Bertz CT molecular complexity index is 1940. The Kier molecular flexibility index (Phi) is 14.7. The quantitative estimate of drug-likeness (QED) is 0.0416. The fraction of sp³-hybridized carbons (Fsp3) is 0.364. The molecule has 55 heavy (non-hydrogen) atoms. The number of carbonyl (C=O) groups excluding carboxylic acids is 1. The summed E-state index contributed by atoms with van der Waals surface area (Å²) in [6.07, 6.45) is 6.71. The van der Waals surface area contributed by atoms with Crippen molar-refractivity contribution in [2.75, 3.05) is 6.61 Å². The van der Waals surface area contributed by atoms with Crippen LogP contribution in [-0.4, -0.2) is 62.1 Å². The number of aliphatic hydroxyl groups excluding tert-OH is 2. The molecule has 0 radical (unpaired) electrons. The molecule has 0 spiro atoms. The number of aromatic nitrogens is 2. The number of rotatable bonds is 19. The van der Waals surface area contributed by atoms with Crippen molar-refractivity contribution >= 4 is 23.2 Å². The van der Waals surface area contributed by atoms with Crippen LogP contribution in [0.5, 0.6) is 5.75 Å². The number of benzene rings is 3. The lowest BCUT2D eigenvalue weighted by atomic mass is 9.95. The number of nitrogens with zero attached hydrogens (tertiary/aromatic N) is 2. The summed E-state index contributed by atoms with van der Waals surface area (Å²) in [6, 6.07) is 24.9. The zero-order valence-electron chi connectivity index (χ0n) is 31.9. The number of amides is 1. The normalized spacial score (nSPS) is 13.8. The van der Waals surface area contributed by atoms with Gasteiger partial charge in [0.1, 0.15) is 24.1 Å². The zero-order valence-corrected chi connectivity index (χ0v) is 32.8. The van der Waals surface area contributed by atoms with Gasteiger partial charge in [-0.05, 0) is 59.2 Å². The Morgan fingerprint density at radius 1 is 0.800 bits per heavy atom. The van der Waals surface area contributed by atoms with E-state index in [1.54, 1.807) is 48.8 Å². The van der Waals surface area contributed by atoms with E-state index in [2.05, 4.69) is 48.3 Å². The predicted molar refractivity (Wildman–Crippen MR) is 217 cm³/mol. The van der Waals surface area contributed by atoms with E-state index in [1.165, 1.54) is 37.0 Å². The molecule has 5 aromatic rings. The molecule has 5 rings (SSSR count). The molecular weight excluding hydrogens is 713 g/mol. The van der Waals surface area contributed by atoms with Crippen LogP contribution in [0.2, 0.25) is 0 Å². The molecule has 2 heterocycles. The molecule has 11 heteroatoms. The van der Waals surface area contributed by atoms with Crippen LogP contribution in [-0.2, 0) is 16.6 Å². The molecule has 1 amide bonds. The summed E-state index contributed by atoms with van der Waals surface area (Å²) in [6.45, 7) is 9.12. The molecule has 3 aromatic carbocycles. The summed E-state index contributed by atoms with van der Waals surface area (Å²) >= 11 is 1.37. The lowest BCUT2D eigenvalue weighted by molar-refractivity contribution is -0.144. The number of carboxylic acid groups (broad SMARTS) is 1. The van der Waals surface area contributed by atoms with Gasteiger partial charge in [0.25, 0.3) is 5.91 Å². The maximum absolute atomic E-state index is 13.5. The largest absolute Gasteiger partial charge is 0.494 e. The van der Waals surface area contributed by atoms with Gasteiger partial charge in [-0.15, -0.1) is 11.3 Å². The number of unbranched alkanes of at least 4 members (excludes halogenated alkanes) is 4. The minimum Gasteiger partial charge on any atom is -0.494 e. The predicted octanol–water partition coefficient (Wildman–Crippen LogP) is 7.95. The van der Waals surface area contributed by atoms with Crippen LogP contribution in [0.4, 0.5) is 0 Å². The highest BCUT2D eigenvalue weighted by molar-refractivity contribution is 7.14. The van der Waals surface area contributed by atoms with Crippen molar-refractivity contribution in [1.29, 1.82) is 0 Å². The van der Waals surface area contributed by atoms with Crippen molar-refractivity contribution in [2.45, 2.75) is 96.1 Å². The summed E-state index contributed by atoms with van der Waals surface area (Å²) in [5.41, 5.74) is 3.64. The Morgan fingerprint density at radius 2 is 1.45 bits per heavy atom. The van der Waals surface area contributed by atoms with Crippen molar-refractivity contribution in [1.82, 2.24) is 20.6 Å². The second-order valence-corrected chi connectivity index (χ2v) is 15.8. The molecule has 0 aliphatic carbocycles. The molecule has 0 aliphatic rings. The molecule has 0 fully saturated rings. The molecule has 2 aromatic heterocycles. The zero-order chi connectivity index (χ0) is 39.4. The first-order valence-electron chi connectivity index (χ1n) is 18.9. The molecule has 10 nitrogen and oxygen atoms in total. The van der Waals surface area contributed by atoms with Gasteiger partial charge in [-0.25, -0.2) is 9.97 Å². The van der Waals surface area contributed by atoms with Gasteiger partial charge < -0.3 is 25.4 Å². The maximum Gasteiger partial charge on any atom is 0.323 e. The van der Waals surface area contributed by atoms with Crippen molar-refractivity contribution in [2.24, 2.45) is 0 Å². The van der Waals surface area contributed by atoms with Crippen LogP contribution in [0.25, 0.3) is 22.5 Å². The number of carboxylic acids is 1. The Hall–Kier alpha value is -4.94. The summed E-state index contributed by atoms with van der Waals surface area (Å²) < 4.78 is 5.90. The molecule has 4 atom stereocenters. The van der Waals surface area contributed by atoms with E-state index < -0.39 is 36.3 Å². The first-order chi connectivity index (χ1) is 26.4. The molecule has 0 saturated carbocycles. The van der Waals surface area contributed by atoms with Gasteiger partial charge in [-0.2, -0.15) is 0 Å². The third kappa shape index (κ3) is 11.8. The number of ether oxygens (including phenoxy) is 1. The third-order valence-corrected chi connectivity index (χ3v) is 10.9. The maximum atomic E-state index is 13.5. The average Bonchev–Trinajstić information content (AvgIpc) is 3.71. The SMILES string of the molecule is CCCCCCCOc1ccc(-c2cnc(-c3ccc(C[C@H](NC(=O)c4ccc(C(C)(C)C)s4)C(O)NC(C(=O)O)[C@@H](O)c4ccccc4)cc3)nc2)cc1. The number of aliphatic carboxylic acids is 1. The summed E-state index contributed by atoms with van der Waals surface area (Å²) in [5.74, 6) is -0.364. The molecule has 0 saturated heterocycles. The Balaban J connectivity index is 1.27. The van der Waals surface area contributed by atoms with E-state index >= 15 is 0 Å². The van der Waals surface area contributed by atoms with E-state index in [9.17, 15) is 24.9 Å². The van der Waals surface area contributed by atoms with Crippen LogP contribution in [0, 0.1) is 0 Å². The van der Waals surface area contributed by atoms with Gasteiger partial charge >= 0.3 is 5.97 Å². The van der Waals surface area contributed by atoms with E-state index in [-0.39, 0.29) is 11.8 Å². The molecule has 5 N–H and O–H groups in total. The fourth-order valence-electron chi connectivity index (χ4n) is 6.09. The Labute approximate surface area is 327 Å². The summed E-state index contributed by atoms with van der Waals surface area (Å²) in [4.78, 5) is 36.5. The lowest BCUT2D eigenvalue weighted by Crippen LogP contribution is -2.56. The first kappa shape index (κ1) is 41.2. The molecule has 2 unspecified atom stereocenters. The van der Waals surface area contributed by atoms with E-state index in [4.69, 9.17) is 4.74 Å². The van der Waals surface area contributed by atoms with Crippen LogP contribution < -0.4 is 15.4 Å². The number of hydrogen-bond acceptors (Lipinski definition) is 9. The highest BCUT2D eigenvalue weighted by Gasteiger charge is 2.33. The van der Waals surface area contributed by atoms with E-state index in [1.807, 2.05) is 54.6 Å². The second kappa shape index (κ2) is 19.6. The fourth-order valence-corrected chi connectivity index (χ4v) is 7.06. The Morgan fingerprint density at radius 3 is 2.07 bits per heavy atom. The van der Waals surface area contributed by atoms with Crippen molar-refractivity contribution in [3.05, 3.63) is 124 Å². The van der Waals surface area contributed by atoms with Gasteiger partial charge in [0.05, 0.1) is 17.5 Å². The standard InChI is InChI=1S/C44H52N4O6S/c1-5-6-7-8-12-25-54-34-21-19-30(20-22-34)33-27-45-40(46-28-33)32-17-15-29(16-18-32)26-35(47-42(51)36-23-24-37(55-36)44(2,3)4)41(50)48-38(43(52)53)39(49)31-13-10-9-11-14-31/h9-11,13-24,27-28,35,38-39,41,48-50H,5-8,12,25-26H2,1-4H3,(H,47,51)(H,52,53)/t35-,38?,39-,41?/m0/s1. The number of aliphatic hydroxyl groups is 2. The van der Waals surface area contributed by atoms with Crippen LogP contribution in [0.1, 0.15) is 91.6 Å².